The van der Waals surface area contributed by atoms with Gasteiger partial charge in [-0.1, -0.05) is 29.8 Å². The first kappa shape index (κ1) is 25.9. The predicted octanol–water partition coefficient (Wildman–Crippen LogP) is 5.72. The average Bonchev–Trinajstić information content (AvgIpc) is 3.47. The van der Waals surface area contributed by atoms with Crippen LogP contribution in [0.5, 0.6) is 11.5 Å². The monoisotopic (exact) mass is 572 g/mol. The molecule has 0 aliphatic carbocycles. The Labute approximate surface area is 241 Å². The third-order valence-electron chi connectivity index (χ3n) is 8.06. The number of imidazole rings is 1. The predicted molar refractivity (Wildman–Crippen MR) is 152 cm³/mol. The Morgan fingerprint density at radius 3 is 2.76 bits per heavy atom. The van der Waals surface area contributed by atoms with Gasteiger partial charge in [0, 0.05) is 37.8 Å². The Kier molecular flexibility index (Phi) is 6.36. The number of ether oxygens (including phenoxy) is 3. The number of para-hydroxylation sites is 1. The number of nitrogens with zero attached hydrogens (tertiary/aromatic N) is 4. The lowest BCUT2D eigenvalue weighted by Gasteiger charge is -2.30. The van der Waals surface area contributed by atoms with Crippen molar-refractivity contribution in [3.63, 3.8) is 0 Å². The highest BCUT2D eigenvalue weighted by atomic mass is 35.5. The molecule has 41 heavy (non-hydrogen) atoms. The summed E-state index contributed by atoms with van der Waals surface area (Å²) in [6, 6.07) is 14.7. The highest BCUT2D eigenvalue weighted by Crippen LogP contribution is 2.48. The smallest absolute Gasteiger partial charge is 0.335 e. The summed E-state index contributed by atoms with van der Waals surface area (Å²) < 4.78 is 20.5. The summed E-state index contributed by atoms with van der Waals surface area (Å²) in [7, 11) is 0. The van der Waals surface area contributed by atoms with Crippen LogP contribution < -0.4 is 9.47 Å². The van der Waals surface area contributed by atoms with E-state index in [2.05, 4.69) is 32.8 Å². The lowest BCUT2D eigenvalue weighted by atomic mass is 9.92. The van der Waals surface area contributed by atoms with Crippen LogP contribution in [0.2, 0.25) is 5.02 Å². The third-order valence-corrected chi connectivity index (χ3v) is 8.28. The zero-order valence-electron chi connectivity index (χ0n) is 22.5. The summed E-state index contributed by atoms with van der Waals surface area (Å²) in [5.74, 6) is 0.515. The topological polar surface area (TPSA) is 98.9 Å². The molecule has 1 N–H and O–H groups in total. The number of benzene rings is 2. The van der Waals surface area contributed by atoms with E-state index in [0.717, 1.165) is 54.2 Å². The number of hydrogen-bond acceptors (Lipinski definition) is 7. The summed E-state index contributed by atoms with van der Waals surface area (Å²) in [4.78, 5) is 23.2. The minimum atomic E-state index is -1.03. The second kappa shape index (κ2) is 10.1. The van der Waals surface area contributed by atoms with Gasteiger partial charge in [0.15, 0.2) is 11.5 Å². The quantitative estimate of drug-likeness (QED) is 0.300. The average molecular weight is 573 g/mol. The van der Waals surface area contributed by atoms with E-state index in [-0.39, 0.29) is 17.6 Å². The number of pyridine rings is 1. The van der Waals surface area contributed by atoms with Gasteiger partial charge in [-0.15, -0.1) is 0 Å². The van der Waals surface area contributed by atoms with Crippen LogP contribution in [0.1, 0.15) is 53.1 Å². The second-order valence-electron chi connectivity index (χ2n) is 10.8. The van der Waals surface area contributed by atoms with Crippen molar-refractivity contribution in [2.45, 2.75) is 50.7 Å². The van der Waals surface area contributed by atoms with Gasteiger partial charge in [-0.3, -0.25) is 4.98 Å². The summed E-state index contributed by atoms with van der Waals surface area (Å²) in [6.07, 6.45) is 7.91. The number of allylic oxidation sites excluding steroid dienone is 1. The number of carboxylic acid groups (broad SMARTS) is 1. The maximum absolute atomic E-state index is 11.6. The van der Waals surface area contributed by atoms with Crippen LogP contribution in [-0.4, -0.2) is 49.8 Å². The second-order valence-corrected chi connectivity index (χ2v) is 11.3. The first-order valence-corrected chi connectivity index (χ1v) is 14.1. The molecule has 210 valence electrons. The van der Waals surface area contributed by atoms with Gasteiger partial charge >= 0.3 is 5.97 Å². The Morgan fingerprint density at radius 1 is 1.17 bits per heavy atom. The summed E-state index contributed by atoms with van der Waals surface area (Å²) in [6.45, 7) is 4.72. The van der Waals surface area contributed by atoms with Crippen LogP contribution in [0.25, 0.3) is 11.0 Å². The van der Waals surface area contributed by atoms with Gasteiger partial charge in [-0.2, -0.15) is 0 Å². The number of carboxylic acids is 1. The van der Waals surface area contributed by atoms with Crippen molar-refractivity contribution in [1.29, 1.82) is 0 Å². The van der Waals surface area contributed by atoms with Gasteiger partial charge in [0.05, 0.1) is 40.8 Å². The van der Waals surface area contributed by atoms with E-state index < -0.39 is 11.8 Å². The molecule has 1 fully saturated rings. The number of hydrogen-bond donors (Lipinski definition) is 1. The zero-order valence-corrected chi connectivity index (χ0v) is 23.3. The molecular weight excluding hydrogens is 544 g/mol. The molecule has 7 rings (SSSR count). The number of aromatic carboxylic acids is 1. The summed E-state index contributed by atoms with van der Waals surface area (Å²) in [5, 5.41) is 10.1. The maximum Gasteiger partial charge on any atom is 0.335 e. The van der Waals surface area contributed by atoms with Crippen LogP contribution in [0.3, 0.4) is 0 Å². The van der Waals surface area contributed by atoms with Crippen molar-refractivity contribution in [2.24, 2.45) is 0 Å². The molecule has 0 radical (unpaired) electrons. The molecule has 9 nitrogen and oxygen atoms in total. The minimum absolute atomic E-state index is 0.122. The molecule has 3 atom stereocenters. The SMILES string of the molecule is C[C@]1(c2ccc(Cl)cn2)Oc2cccc(C3C=CN(Cc4nc5ccc(C(=O)O)cc5n4C[C@@H]4CCO4)CC3)c2O1. The first-order valence-electron chi connectivity index (χ1n) is 13.8. The fourth-order valence-electron chi connectivity index (χ4n) is 5.72. The van der Waals surface area contributed by atoms with E-state index in [1.54, 1.807) is 30.5 Å². The first-order chi connectivity index (χ1) is 19.9. The Balaban J connectivity index is 1.11. The number of fused-ring (bicyclic) bond motifs is 2. The normalized spacial score (nSPS) is 23.1. The van der Waals surface area contributed by atoms with Gasteiger partial charge in [-0.25, -0.2) is 9.78 Å². The third kappa shape index (κ3) is 4.79. The minimum Gasteiger partial charge on any atom is -0.478 e. The van der Waals surface area contributed by atoms with E-state index >= 15 is 0 Å². The van der Waals surface area contributed by atoms with Gasteiger partial charge in [0.2, 0.25) is 0 Å². The summed E-state index contributed by atoms with van der Waals surface area (Å²) >= 11 is 6.03. The molecule has 4 aromatic rings. The Hall–Kier alpha value is -4.08. The van der Waals surface area contributed by atoms with Crippen molar-refractivity contribution in [2.75, 3.05) is 13.2 Å². The van der Waals surface area contributed by atoms with Crippen molar-refractivity contribution in [3.8, 4) is 11.5 Å². The van der Waals surface area contributed by atoms with Crippen LogP contribution in [0.4, 0.5) is 0 Å². The maximum atomic E-state index is 11.6. The van der Waals surface area contributed by atoms with Gasteiger partial charge in [-0.05, 0) is 55.4 Å². The highest BCUT2D eigenvalue weighted by Gasteiger charge is 2.42. The van der Waals surface area contributed by atoms with Crippen LogP contribution in [-0.2, 0) is 23.6 Å². The molecule has 2 aromatic carbocycles. The van der Waals surface area contributed by atoms with E-state index in [0.29, 0.717) is 29.6 Å². The zero-order chi connectivity index (χ0) is 28.1. The Bertz CT molecular complexity index is 1670. The van der Waals surface area contributed by atoms with E-state index in [1.165, 1.54) is 0 Å². The molecule has 3 aliphatic rings. The van der Waals surface area contributed by atoms with Crippen molar-refractivity contribution in [3.05, 3.63) is 94.7 Å². The lowest BCUT2D eigenvalue weighted by molar-refractivity contribution is -0.0721. The molecular formula is C31H29ClN4O5. The molecule has 10 heteroatoms. The van der Waals surface area contributed by atoms with Gasteiger partial charge in [0.1, 0.15) is 11.5 Å². The van der Waals surface area contributed by atoms with Crippen molar-refractivity contribution >= 4 is 28.6 Å². The molecule has 0 spiro atoms. The van der Waals surface area contributed by atoms with Gasteiger partial charge < -0.3 is 28.8 Å². The fourth-order valence-corrected chi connectivity index (χ4v) is 5.84. The molecule has 0 saturated carbocycles. The number of halogens is 1. The molecule has 2 aromatic heterocycles. The molecule has 5 heterocycles. The highest BCUT2D eigenvalue weighted by molar-refractivity contribution is 6.30. The molecule has 0 bridgehead atoms. The largest absolute Gasteiger partial charge is 0.478 e. The molecule has 3 aliphatic heterocycles. The van der Waals surface area contributed by atoms with Crippen LogP contribution >= 0.6 is 11.6 Å². The van der Waals surface area contributed by atoms with Crippen LogP contribution in [0, 0.1) is 0 Å². The fraction of sp³-hybridized carbons (Fsp3) is 0.323. The number of rotatable bonds is 7. The number of carbonyl (C=O) groups is 1. The number of aromatic nitrogens is 3. The van der Waals surface area contributed by atoms with Crippen molar-refractivity contribution < 1.29 is 24.1 Å². The Morgan fingerprint density at radius 2 is 2.05 bits per heavy atom. The molecule has 1 saturated heterocycles. The van der Waals surface area contributed by atoms with E-state index in [4.69, 9.17) is 30.8 Å². The van der Waals surface area contributed by atoms with Gasteiger partial charge in [0.25, 0.3) is 5.79 Å². The standard InChI is InChI=1S/C31H29ClN4O5/c1-31(27-8-6-21(32)16-33-27)40-26-4-2-3-23(29(26)41-31)19-9-12-35(13-10-19)18-28-34-24-7-5-20(30(37)38)15-25(24)36(28)17-22-11-14-39-22/h2-9,12,15-16,19,22H,10-11,13-14,17-18H2,1H3,(H,37,38)/t19?,22-,31-/m0/s1. The van der Waals surface area contributed by atoms with Crippen LogP contribution in [0.15, 0.2) is 67.0 Å². The summed E-state index contributed by atoms with van der Waals surface area (Å²) in [5.41, 5.74) is 3.60. The lowest BCUT2D eigenvalue weighted by Crippen LogP contribution is -2.33. The molecule has 0 amide bonds. The molecule has 1 unspecified atom stereocenters. The van der Waals surface area contributed by atoms with E-state index in [1.807, 2.05) is 25.1 Å². The van der Waals surface area contributed by atoms with Crippen molar-refractivity contribution in [1.82, 2.24) is 19.4 Å². The van der Waals surface area contributed by atoms with E-state index in [9.17, 15) is 9.90 Å².